The molecule has 0 aliphatic rings. The molecule has 3 rings (SSSR count). The summed E-state index contributed by atoms with van der Waals surface area (Å²) in [5, 5.41) is 2.05. The Balaban J connectivity index is 0.00000161. The Kier molecular flexibility index (Phi) is 5.07. The standard InChI is InChI=1S/C16H15N3S.ClH/c1-11-5-2-3-6-13(11)16-18-12(10-17)9-14(19-16)15-7-4-8-20-15;/h2-9H,10,17H2,1H3;1H. The maximum Gasteiger partial charge on any atom is 0.160 e. The lowest BCUT2D eigenvalue weighted by atomic mass is 10.1. The van der Waals surface area contributed by atoms with Gasteiger partial charge in [-0.05, 0) is 30.0 Å². The highest BCUT2D eigenvalue weighted by Crippen LogP contribution is 2.27. The first-order valence-corrected chi connectivity index (χ1v) is 7.34. The molecule has 0 fully saturated rings. The number of rotatable bonds is 3. The molecule has 108 valence electrons. The Hall–Kier alpha value is -1.75. The number of thiophene rings is 1. The summed E-state index contributed by atoms with van der Waals surface area (Å²) < 4.78 is 0. The SMILES string of the molecule is Cc1ccccc1-c1nc(CN)cc(-c2cccs2)n1.Cl. The molecule has 0 spiro atoms. The molecule has 0 amide bonds. The number of hydrogen-bond acceptors (Lipinski definition) is 4. The summed E-state index contributed by atoms with van der Waals surface area (Å²) in [6, 6.07) is 14.2. The number of nitrogens with zero attached hydrogens (tertiary/aromatic N) is 2. The summed E-state index contributed by atoms with van der Waals surface area (Å²) in [4.78, 5) is 10.4. The van der Waals surface area contributed by atoms with Gasteiger partial charge in [0.1, 0.15) is 0 Å². The molecule has 0 saturated heterocycles. The maximum atomic E-state index is 5.77. The Bertz CT molecular complexity index is 726. The van der Waals surface area contributed by atoms with E-state index in [4.69, 9.17) is 10.7 Å². The van der Waals surface area contributed by atoms with Crippen molar-refractivity contribution < 1.29 is 0 Å². The molecule has 2 heterocycles. The molecule has 2 aromatic heterocycles. The lowest BCUT2D eigenvalue weighted by molar-refractivity contribution is 0.971. The van der Waals surface area contributed by atoms with E-state index in [-0.39, 0.29) is 12.4 Å². The fraction of sp³-hybridized carbons (Fsp3) is 0.125. The molecule has 0 radical (unpaired) electrons. The van der Waals surface area contributed by atoms with Crippen molar-refractivity contribution in [1.82, 2.24) is 9.97 Å². The van der Waals surface area contributed by atoms with E-state index in [0.717, 1.165) is 27.7 Å². The van der Waals surface area contributed by atoms with E-state index in [1.165, 1.54) is 5.56 Å². The van der Waals surface area contributed by atoms with Crippen LogP contribution in [0.3, 0.4) is 0 Å². The number of benzene rings is 1. The molecule has 0 saturated carbocycles. The quantitative estimate of drug-likeness (QED) is 0.792. The van der Waals surface area contributed by atoms with Crippen molar-refractivity contribution in [2.75, 3.05) is 0 Å². The molecule has 0 bridgehead atoms. The average Bonchev–Trinajstić information content (AvgIpc) is 3.01. The maximum absolute atomic E-state index is 5.77. The smallest absolute Gasteiger partial charge is 0.160 e. The molecule has 2 N–H and O–H groups in total. The van der Waals surface area contributed by atoms with Crippen LogP contribution < -0.4 is 5.73 Å². The van der Waals surface area contributed by atoms with Crippen molar-refractivity contribution in [2.45, 2.75) is 13.5 Å². The van der Waals surface area contributed by atoms with Crippen LogP contribution in [-0.4, -0.2) is 9.97 Å². The molecule has 1 aromatic carbocycles. The first kappa shape index (κ1) is 15.6. The first-order valence-electron chi connectivity index (χ1n) is 6.46. The van der Waals surface area contributed by atoms with Crippen LogP contribution in [0.15, 0.2) is 47.8 Å². The van der Waals surface area contributed by atoms with Gasteiger partial charge in [-0.15, -0.1) is 23.7 Å². The average molecular weight is 318 g/mol. The summed E-state index contributed by atoms with van der Waals surface area (Å²) in [7, 11) is 0. The molecule has 21 heavy (non-hydrogen) atoms. The summed E-state index contributed by atoms with van der Waals surface area (Å²) in [6.45, 7) is 2.48. The van der Waals surface area contributed by atoms with Gasteiger partial charge in [0.2, 0.25) is 0 Å². The second kappa shape index (κ2) is 6.80. The van der Waals surface area contributed by atoms with Crippen LogP contribution >= 0.6 is 23.7 Å². The first-order chi connectivity index (χ1) is 9.78. The zero-order chi connectivity index (χ0) is 13.9. The molecule has 3 aromatic rings. The minimum atomic E-state index is 0. The van der Waals surface area contributed by atoms with Gasteiger partial charge >= 0.3 is 0 Å². The van der Waals surface area contributed by atoms with Crippen molar-refractivity contribution in [3.63, 3.8) is 0 Å². The summed E-state index contributed by atoms with van der Waals surface area (Å²) in [5.74, 6) is 0.745. The van der Waals surface area contributed by atoms with Gasteiger partial charge in [0.25, 0.3) is 0 Å². The van der Waals surface area contributed by atoms with Gasteiger partial charge in [-0.1, -0.05) is 30.3 Å². The Morgan fingerprint density at radius 3 is 2.57 bits per heavy atom. The van der Waals surface area contributed by atoms with Gasteiger partial charge in [-0.2, -0.15) is 0 Å². The van der Waals surface area contributed by atoms with E-state index in [1.807, 2.05) is 35.7 Å². The zero-order valence-corrected chi connectivity index (χ0v) is 13.2. The monoisotopic (exact) mass is 317 g/mol. The predicted octanol–water partition coefficient (Wildman–Crippen LogP) is 4.06. The number of nitrogens with two attached hydrogens (primary N) is 1. The second-order valence-electron chi connectivity index (χ2n) is 4.56. The van der Waals surface area contributed by atoms with E-state index in [1.54, 1.807) is 11.3 Å². The van der Waals surface area contributed by atoms with Crippen molar-refractivity contribution in [3.05, 3.63) is 59.1 Å². The Morgan fingerprint density at radius 1 is 1.10 bits per heavy atom. The van der Waals surface area contributed by atoms with Gasteiger partial charge in [-0.25, -0.2) is 9.97 Å². The number of aromatic nitrogens is 2. The molecular weight excluding hydrogens is 302 g/mol. The van der Waals surface area contributed by atoms with Crippen LogP contribution in [-0.2, 0) is 6.54 Å². The zero-order valence-electron chi connectivity index (χ0n) is 11.6. The van der Waals surface area contributed by atoms with Gasteiger partial charge in [0.05, 0.1) is 16.3 Å². The minimum Gasteiger partial charge on any atom is -0.325 e. The normalized spacial score (nSPS) is 10.2. The lowest BCUT2D eigenvalue weighted by Crippen LogP contribution is -2.03. The number of hydrogen-bond donors (Lipinski definition) is 1. The van der Waals surface area contributed by atoms with Crippen molar-refractivity contribution >= 4 is 23.7 Å². The Labute approximate surface area is 134 Å². The second-order valence-corrected chi connectivity index (χ2v) is 5.51. The molecule has 5 heteroatoms. The fourth-order valence-electron chi connectivity index (χ4n) is 2.10. The summed E-state index contributed by atoms with van der Waals surface area (Å²) >= 11 is 1.67. The van der Waals surface area contributed by atoms with E-state index < -0.39 is 0 Å². The summed E-state index contributed by atoms with van der Waals surface area (Å²) in [6.07, 6.45) is 0. The van der Waals surface area contributed by atoms with E-state index in [9.17, 15) is 0 Å². The van der Waals surface area contributed by atoms with Gasteiger partial charge in [0, 0.05) is 12.1 Å². The third-order valence-electron chi connectivity index (χ3n) is 3.15. The Morgan fingerprint density at radius 2 is 1.90 bits per heavy atom. The molecule has 0 aliphatic heterocycles. The van der Waals surface area contributed by atoms with Crippen LogP contribution in [0.5, 0.6) is 0 Å². The van der Waals surface area contributed by atoms with Crippen molar-refractivity contribution in [2.24, 2.45) is 5.73 Å². The topological polar surface area (TPSA) is 51.8 Å². The molecular formula is C16H16ClN3S. The highest BCUT2D eigenvalue weighted by Gasteiger charge is 2.10. The van der Waals surface area contributed by atoms with Crippen LogP contribution in [0.1, 0.15) is 11.3 Å². The third-order valence-corrected chi connectivity index (χ3v) is 4.04. The molecule has 0 unspecified atom stereocenters. The predicted molar refractivity (Wildman–Crippen MR) is 90.7 cm³/mol. The van der Waals surface area contributed by atoms with Crippen LogP contribution in [0.4, 0.5) is 0 Å². The van der Waals surface area contributed by atoms with Crippen LogP contribution in [0.2, 0.25) is 0 Å². The van der Waals surface area contributed by atoms with E-state index >= 15 is 0 Å². The molecule has 0 aliphatic carbocycles. The van der Waals surface area contributed by atoms with E-state index in [0.29, 0.717) is 6.54 Å². The van der Waals surface area contributed by atoms with E-state index in [2.05, 4.69) is 24.0 Å². The largest absolute Gasteiger partial charge is 0.325 e. The van der Waals surface area contributed by atoms with Crippen LogP contribution in [0, 0.1) is 6.92 Å². The fourth-order valence-corrected chi connectivity index (χ4v) is 2.78. The van der Waals surface area contributed by atoms with Crippen LogP contribution in [0.25, 0.3) is 22.0 Å². The number of halogens is 1. The minimum absolute atomic E-state index is 0. The van der Waals surface area contributed by atoms with Crippen molar-refractivity contribution in [1.29, 1.82) is 0 Å². The van der Waals surface area contributed by atoms with Crippen molar-refractivity contribution in [3.8, 4) is 22.0 Å². The highest BCUT2D eigenvalue weighted by atomic mass is 35.5. The molecule has 0 atom stereocenters. The van der Waals surface area contributed by atoms with Gasteiger partial charge in [0.15, 0.2) is 5.82 Å². The summed E-state index contributed by atoms with van der Waals surface area (Å²) in [5.41, 5.74) is 9.79. The van der Waals surface area contributed by atoms with Gasteiger partial charge in [-0.3, -0.25) is 0 Å². The van der Waals surface area contributed by atoms with Gasteiger partial charge < -0.3 is 5.73 Å². The third kappa shape index (κ3) is 3.29. The molecule has 3 nitrogen and oxygen atoms in total. The lowest BCUT2D eigenvalue weighted by Gasteiger charge is -2.08. The number of aryl methyl sites for hydroxylation is 1. The highest BCUT2D eigenvalue weighted by molar-refractivity contribution is 7.13.